The van der Waals surface area contributed by atoms with Crippen LogP contribution in [-0.2, 0) is 4.79 Å². The maximum Gasteiger partial charge on any atom is 0.336 e. The van der Waals surface area contributed by atoms with Gasteiger partial charge in [-0.05, 0) is 18.1 Å². The van der Waals surface area contributed by atoms with Gasteiger partial charge in [-0.2, -0.15) is 0 Å². The molecule has 0 aromatic heterocycles. The lowest BCUT2D eigenvalue weighted by molar-refractivity contribution is -0.103. The van der Waals surface area contributed by atoms with E-state index in [1.807, 2.05) is 0 Å². The highest BCUT2D eigenvalue weighted by Gasteiger charge is 2.05. The van der Waals surface area contributed by atoms with E-state index in [2.05, 4.69) is 11.8 Å². The zero-order valence-electron chi connectivity index (χ0n) is 6.65. The maximum atomic E-state index is 10.6. The van der Waals surface area contributed by atoms with Crippen LogP contribution in [0.2, 0.25) is 0 Å². The molecule has 1 aromatic carbocycles. The first-order chi connectivity index (χ1) is 6.25. The lowest BCUT2D eigenvalue weighted by Gasteiger charge is -1.95. The predicted molar refractivity (Wildman–Crippen MR) is 46.3 cm³/mol. The van der Waals surface area contributed by atoms with Crippen molar-refractivity contribution in [3.8, 4) is 11.8 Å². The minimum absolute atomic E-state index is 0.108. The molecule has 0 radical (unpaired) electrons. The second kappa shape index (κ2) is 4.07. The largest absolute Gasteiger partial charge is 0.478 e. The van der Waals surface area contributed by atoms with Crippen LogP contribution in [0.25, 0.3) is 0 Å². The van der Waals surface area contributed by atoms with Crippen LogP contribution >= 0.6 is 0 Å². The number of aldehydes is 1. The molecule has 0 atom stereocenters. The molecule has 0 amide bonds. The summed E-state index contributed by atoms with van der Waals surface area (Å²) in [6, 6.07) is 6.27. The van der Waals surface area contributed by atoms with Crippen molar-refractivity contribution in [2.45, 2.75) is 0 Å². The van der Waals surface area contributed by atoms with Crippen molar-refractivity contribution in [2.24, 2.45) is 0 Å². The lowest BCUT2D eigenvalue weighted by Crippen LogP contribution is -1.99. The van der Waals surface area contributed by atoms with Crippen molar-refractivity contribution in [3.05, 3.63) is 35.4 Å². The van der Waals surface area contributed by atoms with Gasteiger partial charge in [-0.15, -0.1) is 0 Å². The minimum Gasteiger partial charge on any atom is -0.478 e. The summed E-state index contributed by atoms with van der Waals surface area (Å²) in [6.45, 7) is 0. The van der Waals surface area contributed by atoms with E-state index >= 15 is 0 Å². The molecule has 0 spiro atoms. The summed E-state index contributed by atoms with van der Waals surface area (Å²) in [7, 11) is 0. The monoisotopic (exact) mass is 174 g/mol. The molecular formula is C10H6O3. The number of carboxylic acid groups (broad SMARTS) is 1. The zero-order valence-corrected chi connectivity index (χ0v) is 6.65. The third-order valence-corrected chi connectivity index (χ3v) is 1.42. The number of rotatable bonds is 1. The van der Waals surface area contributed by atoms with Crippen LogP contribution in [-0.4, -0.2) is 17.4 Å². The molecular weight excluding hydrogens is 168 g/mol. The summed E-state index contributed by atoms with van der Waals surface area (Å²) in [5.74, 6) is 3.57. The summed E-state index contributed by atoms with van der Waals surface area (Å²) in [6.07, 6.45) is 0.429. The van der Waals surface area contributed by atoms with Gasteiger partial charge in [0.05, 0.1) is 5.56 Å². The number of benzene rings is 1. The summed E-state index contributed by atoms with van der Waals surface area (Å²) in [5, 5.41) is 8.71. The molecule has 3 nitrogen and oxygen atoms in total. The van der Waals surface area contributed by atoms with Gasteiger partial charge in [0.15, 0.2) is 6.29 Å². The first kappa shape index (κ1) is 9.01. The summed E-state index contributed by atoms with van der Waals surface area (Å²) >= 11 is 0. The fraction of sp³-hybridized carbons (Fsp3) is 0. The Morgan fingerprint density at radius 2 is 2.08 bits per heavy atom. The van der Waals surface area contributed by atoms with Gasteiger partial charge in [-0.25, -0.2) is 4.79 Å². The van der Waals surface area contributed by atoms with E-state index < -0.39 is 5.97 Å². The molecule has 3 heteroatoms. The quantitative estimate of drug-likeness (QED) is 0.509. The van der Waals surface area contributed by atoms with Gasteiger partial charge in [0.25, 0.3) is 0 Å². The Morgan fingerprint density at radius 1 is 1.38 bits per heavy atom. The van der Waals surface area contributed by atoms with Crippen LogP contribution in [0.5, 0.6) is 0 Å². The Bertz CT molecular complexity index is 396. The van der Waals surface area contributed by atoms with E-state index in [1.165, 1.54) is 6.07 Å². The van der Waals surface area contributed by atoms with Gasteiger partial charge < -0.3 is 5.11 Å². The molecule has 1 aromatic rings. The topological polar surface area (TPSA) is 54.4 Å². The van der Waals surface area contributed by atoms with Crippen molar-refractivity contribution in [1.82, 2.24) is 0 Å². The molecule has 0 fully saturated rings. The molecule has 13 heavy (non-hydrogen) atoms. The zero-order chi connectivity index (χ0) is 9.68. The van der Waals surface area contributed by atoms with E-state index in [1.54, 1.807) is 18.2 Å². The van der Waals surface area contributed by atoms with Gasteiger partial charge in [0.2, 0.25) is 0 Å². The number of aromatic carboxylic acids is 1. The average Bonchev–Trinajstić information content (AvgIpc) is 2.15. The van der Waals surface area contributed by atoms with Crippen LogP contribution in [0.3, 0.4) is 0 Å². The third kappa shape index (κ3) is 2.17. The van der Waals surface area contributed by atoms with Gasteiger partial charge >= 0.3 is 5.97 Å². The molecule has 0 aliphatic carbocycles. The maximum absolute atomic E-state index is 10.6. The second-order valence-corrected chi connectivity index (χ2v) is 2.24. The van der Waals surface area contributed by atoms with E-state index in [-0.39, 0.29) is 5.56 Å². The highest BCUT2D eigenvalue weighted by molar-refractivity contribution is 5.91. The third-order valence-electron chi connectivity index (χ3n) is 1.42. The fourth-order valence-electron chi connectivity index (χ4n) is 0.886. The van der Waals surface area contributed by atoms with Crippen molar-refractivity contribution in [1.29, 1.82) is 0 Å². The summed E-state index contributed by atoms with van der Waals surface area (Å²) in [5.41, 5.74) is 0.457. The van der Waals surface area contributed by atoms with Crippen LogP contribution < -0.4 is 0 Å². The smallest absolute Gasteiger partial charge is 0.336 e. The molecule has 64 valence electrons. The van der Waals surface area contributed by atoms with E-state index in [0.717, 1.165) is 0 Å². The Balaban J connectivity index is 3.19. The highest BCUT2D eigenvalue weighted by Crippen LogP contribution is 2.06. The van der Waals surface area contributed by atoms with E-state index in [4.69, 9.17) is 5.11 Å². The van der Waals surface area contributed by atoms with E-state index in [0.29, 0.717) is 11.8 Å². The number of hydrogen-bond donors (Lipinski definition) is 1. The number of hydrogen-bond acceptors (Lipinski definition) is 2. The minimum atomic E-state index is -1.05. The van der Waals surface area contributed by atoms with E-state index in [9.17, 15) is 9.59 Å². The highest BCUT2D eigenvalue weighted by atomic mass is 16.4. The first-order valence-corrected chi connectivity index (χ1v) is 3.53. The number of carboxylic acids is 1. The second-order valence-electron chi connectivity index (χ2n) is 2.24. The van der Waals surface area contributed by atoms with Gasteiger partial charge in [0, 0.05) is 5.56 Å². The standard InChI is InChI=1S/C10H6O3/c11-7-3-5-8-4-1-2-6-9(8)10(12)13/h1-2,4,6-7H,(H,12,13). The van der Waals surface area contributed by atoms with Crippen molar-refractivity contribution in [2.75, 3.05) is 0 Å². The Morgan fingerprint density at radius 3 is 2.69 bits per heavy atom. The van der Waals surface area contributed by atoms with Gasteiger partial charge in [-0.1, -0.05) is 18.1 Å². The fourth-order valence-corrected chi connectivity index (χ4v) is 0.886. The van der Waals surface area contributed by atoms with Gasteiger partial charge in [0.1, 0.15) is 0 Å². The van der Waals surface area contributed by atoms with Crippen LogP contribution in [0.4, 0.5) is 0 Å². The molecule has 0 aliphatic rings. The first-order valence-electron chi connectivity index (χ1n) is 3.53. The van der Waals surface area contributed by atoms with Gasteiger partial charge in [-0.3, -0.25) is 4.79 Å². The molecule has 0 unspecified atom stereocenters. The number of carbonyl (C=O) groups is 2. The summed E-state index contributed by atoms with van der Waals surface area (Å²) < 4.78 is 0. The van der Waals surface area contributed by atoms with Crippen molar-refractivity contribution < 1.29 is 14.7 Å². The average molecular weight is 174 g/mol. The van der Waals surface area contributed by atoms with Crippen molar-refractivity contribution in [3.63, 3.8) is 0 Å². The SMILES string of the molecule is O=CC#Cc1ccccc1C(=O)O. The summed E-state index contributed by atoms with van der Waals surface area (Å²) in [4.78, 5) is 20.6. The molecule has 1 N–H and O–H groups in total. The Kier molecular flexibility index (Phi) is 2.82. The molecule has 0 saturated heterocycles. The number of carbonyl (C=O) groups excluding carboxylic acids is 1. The Hall–Kier alpha value is -2.08. The molecule has 0 heterocycles. The van der Waals surface area contributed by atoms with Crippen LogP contribution in [0, 0.1) is 11.8 Å². The molecule has 1 rings (SSSR count). The predicted octanol–water partition coefficient (Wildman–Crippen LogP) is 0.935. The molecule has 0 bridgehead atoms. The molecule has 0 aliphatic heterocycles. The normalized spacial score (nSPS) is 8.31. The Labute approximate surface area is 75.0 Å². The van der Waals surface area contributed by atoms with Crippen molar-refractivity contribution >= 4 is 12.3 Å². The van der Waals surface area contributed by atoms with Crippen LogP contribution in [0.1, 0.15) is 15.9 Å². The lowest BCUT2D eigenvalue weighted by atomic mass is 10.1. The molecule has 0 saturated carbocycles. The van der Waals surface area contributed by atoms with Crippen LogP contribution in [0.15, 0.2) is 24.3 Å².